The molecule has 0 aliphatic carbocycles. The van der Waals surface area contributed by atoms with Crippen molar-refractivity contribution in [1.29, 1.82) is 0 Å². The van der Waals surface area contributed by atoms with Crippen LogP contribution < -0.4 is 15.8 Å². The second kappa shape index (κ2) is 9.59. The van der Waals surface area contributed by atoms with Gasteiger partial charge in [0.15, 0.2) is 0 Å². The quantitative estimate of drug-likeness (QED) is 0.398. The lowest BCUT2D eigenvalue weighted by atomic mass is 9.99. The van der Waals surface area contributed by atoms with Crippen LogP contribution in [0.5, 0.6) is 0 Å². The van der Waals surface area contributed by atoms with E-state index < -0.39 is 0 Å². The molecule has 0 saturated carbocycles. The van der Waals surface area contributed by atoms with E-state index in [0.29, 0.717) is 18.8 Å². The minimum absolute atomic E-state index is 0.160. The first-order chi connectivity index (χ1) is 17.0. The first kappa shape index (κ1) is 23.2. The van der Waals surface area contributed by atoms with Gasteiger partial charge in [-0.3, -0.25) is 9.88 Å². The van der Waals surface area contributed by atoms with Crippen molar-refractivity contribution in [2.24, 2.45) is 0 Å². The number of hydrogen-bond acceptors (Lipinski definition) is 6. The molecular formula is C26H32N7O2+. The van der Waals surface area contributed by atoms with Crippen LogP contribution >= 0.6 is 0 Å². The molecule has 1 aliphatic rings. The number of hydrogen-bond donors (Lipinski definition) is 2. The Kier molecular flexibility index (Phi) is 6.36. The minimum Gasteiger partial charge on any atom is -0.383 e. The van der Waals surface area contributed by atoms with E-state index in [1.165, 1.54) is 4.40 Å². The van der Waals surface area contributed by atoms with E-state index >= 15 is 0 Å². The van der Waals surface area contributed by atoms with Gasteiger partial charge in [0.2, 0.25) is 5.65 Å². The average Bonchev–Trinajstić information content (AvgIpc) is 3.41. The number of nitrogen functional groups attached to an aromatic ring is 1. The molecule has 1 aromatic carbocycles. The third kappa shape index (κ3) is 4.44. The second-order valence-electron chi connectivity index (χ2n) is 9.21. The van der Waals surface area contributed by atoms with Gasteiger partial charge in [0.05, 0.1) is 18.7 Å². The molecule has 5 rings (SSSR count). The van der Waals surface area contributed by atoms with Crippen LogP contribution in [-0.2, 0) is 11.3 Å². The number of pyridine rings is 1. The SMILES string of the molecule is COCCN1CCC[C@H]1Cn1[nH]c2c(-c3cc(C)nc(C)c3)c(-c3ccccc3)nc(N)[n+]2c1=O. The predicted molar refractivity (Wildman–Crippen MR) is 135 cm³/mol. The molecule has 0 bridgehead atoms. The number of aromatic nitrogens is 5. The molecule has 9 heteroatoms. The Morgan fingerprint density at radius 1 is 1.14 bits per heavy atom. The van der Waals surface area contributed by atoms with Crippen molar-refractivity contribution in [2.45, 2.75) is 39.3 Å². The third-order valence-electron chi connectivity index (χ3n) is 6.71. The molecule has 9 nitrogen and oxygen atoms in total. The molecule has 0 radical (unpaired) electrons. The van der Waals surface area contributed by atoms with Gasteiger partial charge in [0.1, 0.15) is 5.69 Å². The van der Waals surface area contributed by atoms with Gasteiger partial charge in [-0.1, -0.05) is 30.3 Å². The number of anilines is 1. The summed E-state index contributed by atoms with van der Waals surface area (Å²) in [6.45, 7) is 7.03. The lowest BCUT2D eigenvalue weighted by Crippen LogP contribution is -2.46. The summed E-state index contributed by atoms with van der Waals surface area (Å²) in [5, 5.41) is 3.39. The molecule has 4 aromatic rings. The van der Waals surface area contributed by atoms with E-state index in [1.54, 1.807) is 11.8 Å². The Morgan fingerprint density at radius 3 is 2.60 bits per heavy atom. The summed E-state index contributed by atoms with van der Waals surface area (Å²) >= 11 is 0. The Hall–Kier alpha value is -3.56. The molecule has 0 unspecified atom stereocenters. The summed E-state index contributed by atoms with van der Waals surface area (Å²) in [7, 11) is 1.72. The minimum atomic E-state index is -0.216. The highest BCUT2D eigenvalue weighted by atomic mass is 16.5. The maximum absolute atomic E-state index is 13.5. The number of benzene rings is 1. The number of aryl methyl sites for hydroxylation is 2. The van der Waals surface area contributed by atoms with E-state index in [4.69, 9.17) is 15.5 Å². The number of ether oxygens (including phenoxy) is 1. The van der Waals surface area contributed by atoms with Gasteiger partial charge >= 0.3 is 11.6 Å². The largest absolute Gasteiger partial charge is 0.428 e. The van der Waals surface area contributed by atoms with Crippen molar-refractivity contribution >= 4 is 11.6 Å². The van der Waals surface area contributed by atoms with Gasteiger partial charge in [-0.15, -0.1) is 9.38 Å². The third-order valence-corrected chi connectivity index (χ3v) is 6.71. The van der Waals surface area contributed by atoms with Gasteiger partial charge in [-0.05, 0) is 50.9 Å². The smallest absolute Gasteiger partial charge is 0.383 e. The van der Waals surface area contributed by atoms with Crippen LogP contribution in [0.1, 0.15) is 24.2 Å². The lowest BCUT2D eigenvalue weighted by Gasteiger charge is -2.22. The van der Waals surface area contributed by atoms with Crippen LogP contribution in [-0.4, -0.2) is 57.5 Å². The Labute approximate surface area is 204 Å². The zero-order valence-electron chi connectivity index (χ0n) is 20.5. The van der Waals surface area contributed by atoms with Crippen LogP contribution in [0.3, 0.4) is 0 Å². The molecule has 35 heavy (non-hydrogen) atoms. The second-order valence-corrected chi connectivity index (χ2v) is 9.21. The molecule has 1 atom stereocenters. The van der Waals surface area contributed by atoms with E-state index in [-0.39, 0.29) is 17.7 Å². The molecule has 1 fully saturated rings. The van der Waals surface area contributed by atoms with Gasteiger partial charge in [0.25, 0.3) is 0 Å². The number of methoxy groups -OCH3 is 1. The highest BCUT2D eigenvalue weighted by Crippen LogP contribution is 2.33. The number of H-pyrrole nitrogens is 1. The maximum Gasteiger partial charge on any atom is 0.428 e. The monoisotopic (exact) mass is 474 g/mol. The van der Waals surface area contributed by atoms with Gasteiger partial charge < -0.3 is 10.5 Å². The molecule has 182 valence electrons. The normalized spacial score (nSPS) is 16.4. The predicted octanol–water partition coefficient (Wildman–Crippen LogP) is 2.35. The fraction of sp³-hybridized carbons (Fsp3) is 0.385. The number of nitrogens with one attached hydrogen (secondary N) is 1. The van der Waals surface area contributed by atoms with Crippen molar-refractivity contribution in [2.75, 3.05) is 32.5 Å². The van der Waals surface area contributed by atoms with Crippen molar-refractivity contribution in [3.63, 3.8) is 0 Å². The topological polar surface area (TPSA) is 106 Å². The first-order valence-electron chi connectivity index (χ1n) is 12.0. The summed E-state index contributed by atoms with van der Waals surface area (Å²) < 4.78 is 8.43. The lowest BCUT2D eigenvalue weighted by molar-refractivity contribution is -0.516. The van der Waals surface area contributed by atoms with Crippen LogP contribution in [0.4, 0.5) is 5.95 Å². The Balaban J connectivity index is 1.69. The fourth-order valence-electron chi connectivity index (χ4n) is 5.15. The van der Waals surface area contributed by atoms with E-state index in [2.05, 4.69) is 15.0 Å². The van der Waals surface area contributed by atoms with Crippen molar-refractivity contribution in [3.8, 4) is 22.4 Å². The molecule has 1 saturated heterocycles. The summed E-state index contributed by atoms with van der Waals surface area (Å²) in [5.74, 6) is 0.160. The standard InChI is InChI=1S/C26H31N7O2/c1-17-14-20(15-18(2)28-17)22-23(19-8-5-4-6-9-19)29-25(27)33-24(22)30-32(26(33)34)16-21-10-7-11-31(21)12-13-35-3/h4-6,8-9,14-15,21H,7,10-13,16H2,1-3H3,(H2,27,28,29,30)/p+1/t21-/m0/s1. The highest BCUT2D eigenvalue weighted by Gasteiger charge is 2.30. The number of aromatic amines is 1. The van der Waals surface area contributed by atoms with Gasteiger partial charge in [-0.2, -0.15) is 4.68 Å². The summed E-state index contributed by atoms with van der Waals surface area (Å²) in [6, 6.07) is 14.2. The van der Waals surface area contributed by atoms with E-state index in [1.807, 2.05) is 56.3 Å². The van der Waals surface area contributed by atoms with Crippen LogP contribution in [0.15, 0.2) is 47.3 Å². The Bertz CT molecular complexity index is 1390. The molecule has 1 aliphatic heterocycles. The first-order valence-corrected chi connectivity index (χ1v) is 12.0. The molecular weight excluding hydrogens is 442 g/mol. The van der Waals surface area contributed by atoms with Gasteiger partial charge in [-0.25, -0.2) is 9.89 Å². The van der Waals surface area contributed by atoms with Crippen molar-refractivity contribution < 1.29 is 9.14 Å². The highest BCUT2D eigenvalue weighted by molar-refractivity contribution is 5.88. The van der Waals surface area contributed by atoms with E-state index in [9.17, 15) is 4.79 Å². The van der Waals surface area contributed by atoms with Crippen LogP contribution in [0.25, 0.3) is 28.0 Å². The van der Waals surface area contributed by atoms with Crippen LogP contribution in [0, 0.1) is 13.8 Å². The van der Waals surface area contributed by atoms with Gasteiger partial charge in [0, 0.05) is 36.6 Å². The summed E-state index contributed by atoms with van der Waals surface area (Å²) in [4.78, 5) is 25.2. The van der Waals surface area contributed by atoms with Crippen molar-refractivity contribution in [3.05, 3.63) is 64.3 Å². The number of nitrogens with two attached hydrogens (primary N) is 1. The number of fused-ring (bicyclic) bond motifs is 1. The van der Waals surface area contributed by atoms with Crippen molar-refractivity contribution in [1.82, 2.24) is 24.6 Å². The zero-order chi connectivity index (χ0) is 24.5. The summed E-state index contributed by atoms with van der Waals surface area (Å²) in [6.07, 6.45) is 2.15. The summed E-state index contributed by atoms with van der Waals surface area (Å²) in [5.41, 5.74) is 12.0. The maximum atomic E-state index is 13.5. The molecule has 0 spiro atoms. The molecule has 3 aromatic heterocycles. The van der Waals surface area contributed by atoms with E-state index in [0.717, 1.165) is 59.7 Å². The number of nitrogens with zero attached hydrogens (tertiary/aromatic N) is 5. The average molecular weight is 475 g/mol. The number of likely N-dealkylation sites (tertiary alicyclic amines) is 1. The number of rotatable bonds is 7. The molecule has 3 N–H and O–H groups in total. The zero-order valence-corrected chi connectivity index (χ0v) is 20.5. The molecule has 0 amide bonds. The fourth-order valence-corrected chi connectivity index (χ4v) is 5.15. The van der Waals surface area contributed by atoms with Crippen LogP contribution in [0.2, 0.25) is 0 Å². The Morgan fingerprint density at radius 2 is 1.89 bits per heavy atom. The molecule has 4 heterocycles.